The summed E-state index contributed by atoms with van der Waals surface area (Å²) < 4.78 is 33.5. The van der Waals surface area contributed by atoms with E-state index in [9.17, 15) is 18.5 Å². The smallest absolute Gasteiger partial charge is 0.269 e. The molecule has 1 aliphatic heterocycles. The average molecular weight is 455 g/mol. The van der Waals surface area contributed by atoms with Crippen LogP contribution in [0, 0.1) is 10.1 Å². The summed E-state index contributed by atoms with van der Waals surface area (Å²) in [6, 6.07) is 14.6. The first-order chi connectivity index (χ1) is 12.8. The molecule has 9 heteroatoms. The van der Waals surface area contributed by atoms with Crippen molar-refractivity contribution in [3.05, 3.63) is 70.3 Å². The molecule has 0 unspecified atom stereocenters. The van der Waals surface area contributed by atoms with E-state index in [1.165, 1.54) is 28.6 Å². The van der Waals surface area contributed by atoms with Crippen molar-refractivity contribution in [2.24, 2.45) is 0 Å². The number of sulfonamides is 1. The molecule has 1 fully saturated rings. The van der Waals surface area contributed by atoms with Gasteiger partial charge in [0.05, 0.1) is 26.9 Å². The van der Waals surface area contributed by atoms with Crippen molar-refractivity contribution >= 4 is 31.6 Å². The van der Waals surface area contributed by atoms with Crippen LogP contribution in [0.15, 0.2) is 59.5 Å². The third-order valence-corrected chi connectivity index (χ3v) is 6.98. The number of nitro groups is 1. The molecule has 0 aromatic heterocycles. The van der Waals surface area contributed by atoms with E-state index in [2.05, 4.69) is 15.9 Å². The number of hydrogen-bond donors (Lipinski definition) is 0. The molecule has 0 amide bonds. The van der Waals surface area contributed by atoms with Gasteiger partial charge in [-0.15, -0.1) is 0 Å². The first kappa shape index (κ1) is 19.9. The van der Waals surface area contributed by atoms with Crippen LogP contribution in [-0.2, 0) is 14.8 Å². The summed E-state index contributed by atoms with van der Waals surface area (Å²) >= 11 is 3.58. The first-order valence-corrected chi connectivity index (χ1v) is 10.7. The van der Waals surface area contributed by atoms with Gasteiger partial charge in [0.1, 0.15) is 0 Å². The SMILES string of the molecule is C[C@@H]1CN(S(=O)(=O)c2ccc([N+](=O)[O-])cc2)C[C@H](Br)[C@@H](c2ccccc2)O1. The largest absolute Gasteiger partial charge is 0.368 e. The van der Waals surface area contributed by atoms with Crippen LogP contribution in [0.1, 0.15) is 18.6 Å². The van der Waals surface area contributed by atoms with E-state index in [0.717, 1.165) is 5.56 Å². The maximum absolute atomic E-state index is 13.0. The predicted molar refractivity (Wildman–Crippen MR) is 104 cm³/mol. The van der Waals surface area contributed by atoms with E-state index >= 15 is 0 Å². The second-order valence-electron chi connectivity index (χ2n) is 6.37. The van der Waals surface area contributed by atoms with Gasteiger partial charge in [-0.1, -0.05) is 46.3 Å². The summed E-state index contributed by atoms with van der Waals surface area (Å²) in [6.45, 7) is 2.26. The van der Waals surface area contributed by atoms with Gasteiger partial charge in [0.15, 0.2) is 0 Å². The van der Waals surface area contributed by atoms with Crippen LogP contribution in [-0.4, -0.2) is 41.7 Å². The molecular formula is C18H19BrN2O5S. The van der Waals surface area contributed by atoms with Crippen molar-refractivity contribution in [2.75, 3.05) is 13.1 Å². The monoisotopic (exact) mass is 454 g/mol. The Hall–Kier alpha value is -1.81. The number of ether oxygens (including phenoxy) is 1. The minimum Gasteiger partial charge on any atom is -0.368 e. The summed E-state index contributed by atoms with van der Waals surface area (Å²) in [5.41, 5.74) is 0.824. The molecule has 2 aromatic carbocycles. The third kappa shape index (κ3) is 4.37. The fourth-order valence-corrected chi connectivity index (χ4v) is 5.56. The number of benzene rings is 2. The van der Waals surface area contributed by atoms with Gasteiger partial charge < -0.3 is 4.74 Å². The normalized spacial score (nSPS) is 24.3. The summed E-state index contributed by atoms with van der Waals surface area (Å²) in [4.78, 5) is 10.0. The molecule has 0 spiro atoms. The van der Waals surface area contributed by atoms with E-state index in [1.54, 1.807) is 0 Å². The highest BCUT2D eigenvalue weighted by Gasteiger charge is 2.36. The van der Waals surface area contributed by atoms with Crippen LogP contribution in [0.4, 0.5) is 5.69 Å². The molecule has 1 aliphatic rings. The quantitative estimate of drug-likeness (QED) is 0.400. The highest BCUT2D eigenvalue weighted by atomic mass is 79.9. The highest BCUT2D eigenvalue weighted by Crippen LogP contribution is 2.33. The Bertz CT molecular complexity index is 905. The Kier molecular flexibility index (Phi) is 5.95. The van der Waals surface area contributed by atoms with Gasteiger partial charge in [0.25, 0.3) is 5.69 Å². The molecule has 144 valence electrons. The van der Waals surface area contributed by atoms with Crippen molar-refractivity contribution in [1.29, 1.82) is 0 Å². The fraction of sp³-hybridized carbons (Fsp3) is 0.333. The van der Waals surface area contributed by atoms with Gasteiger partial charge in [-0.3, -0.25) is 10.1 Å². The molecule has 1 saturated heterocycles. The maximum Gasteiger partial charge on any atom is 0.269 e. The molecule has 0 N–H and O–H groups in total. The van der Waals surface area contributed by atoms with E-state index in [1.807, 2.05) is 37.3 Å². The zero-order valence-corrected chi connectivity index (χ0v) is 17.0. The lowest BCUT2D eigenvalue weighted by atomic mass is 10.1. The van der Waals surface area contributed by atoms with Gasteiger partial charge >= 0.3 is 0 Å². The Morgan fingerprint density at radius 3 is 2.33 bits per heavy atom. The number of alkyl halides is 1. The minimum atomic E-state index is -3.80. The number of hydrogen-bond acceptors (Lipinski definition) is 5. The Labute approximate surface area is 166 Å². The number of nitrogens with zero attached hydrogens (tertiary/aromatic N) is 2. The molecule has 3 atom stereocenters. The standard InChI is InChI=1S/C18H19BrN2O5S/c1-13-11-20(12-17(19)18(26-13)14-5-3-2-4-6-14)27(24,25)16-9-7-15(8-10-16)21(22)23/h2-10,13,17-18H,11-12H2,1H3/t13-,17+,18-/m1/s1. The molecular weight excluding hydrogens is 436 g/mol. The lowest BCUT2D eigenvalue weighted by Gasteiger charge is -2.23. The second-order valence-corrected chi connectivity index (χ2v) is 9.48. The number of non-ortho nitro benzene ring substituents is 1. The van der Waals surface area contributed by atoms with Crippen molar-refractivity contribution in [3.8, 4) is 0 Å². The first-order valence-electron chi connectivity index (χ1n) is 8.38. The van der Waals surface area contributed by atoms with Crippen LogP contribution >= 0.6 is 15.9 Å². The van der Waals surface area contributed by atoms with Crippen molar-refractivity contribution in [3.63, 3.8) is 0 Å². The average Bonchev–Trinajstić information content (AvgIpc) is 2.81. The maximum atomic E-state index is 13.0. The summed E-state index contributed by atoms with van der Waals surface area (Å²) in [7, 11) is -3.80. The summed E-state index contributed by atoms with van der Waals surface area (Å²) in [5.74, 6) is 0. The molecule has 3 rings (SSSR count). The predicted octanol–water partition coefficient (Wildman–Crippen LogP) is 3.51. The van der Waals surface area contributed by atoms with Gasteiger partial charge in [-0.25, -0.2) is 8.42 Å². The Morgan fingerprint density at radius 2 is 1.74 bits per heavy atom. The Morgan fingerprint density at radius 1 is 1.11 bits per heavy atom. The molecule has 0 aliphatic carbocycles. The fourth-order valence-electron chi connectivity index (χ4n) is 3.05. The van der Waals surface area contributed by atoms with E-state index in [0.29, 0.717) is 0 Å². The van der Waals surface area contributed by atoms with Crippen LogP contribution in [0.2, 0.25) is 0 Å². The molecule has 7 nitrogen and oxygen atoms in total. The van der Waals surface area contributed by atoms with Crippen molar-refractivity contribution in [1.82, 2.24) is 4.31 Å². The minimum absolute atomic E-state index is 0.0261. The Balaban J connectivity index is 1.87. The zero-order chi connectivity index (χ0) is 19.6. The van der Waals surface area contributed by atoms with Crippen LogP contribution in [0.3, 0.4) is 0 Å². The molecule has 1 heterocycles. The number of rotatable bonds is 4. The summed E-state index contributed by atoms with van der Waals surface area (Å²) in [6.07, 6.45) is -0.594. The van der Waals surface area contributed by atoms with E-state index in [4.69, 9.17) is 4.74 Å². The molecule has 0 radical (unpaired) electrons. The van der Waals surface area contributed by atoms with Gasteiger partial charge in [0, 0.05) is 25.2 Å². The van der Waals surface area contributed by atoms with Crippen molar-refractivity contribution < 1.29 is 18.1 Å². The van der Waals surface area contributed by atoms with Crippen LogP contribution in [0.25, 0.3) is 0 Å². The third-order valence-electron chi connectivity index (χ3n) is 4.36. The lowest BCUT2D eigenvalue weighted by molar-refractivity contribution is -0.384. The number of nitro benzene ring substituents is 1. The molecule has 0 bridgehead atoms. The van der Waals surface area contributed by atoms with Gasteiger partial charge in [0.2, 0.25) is 10.0 Å². The van der Waals surface area contributed by atoms with Gasteiger partial charge in [-0.2, -0.15) is 4.31 Å². The van der Waals surface area contributed by atoms with Gasteiger partial charge in [-0.05, 0) is 24.6 Å². The van der Waals surface area contributed by atoms with E-state index in [-0.39, 0.29) is 40.7 Å². The summed E-state index contributed by atoms with van der Waals surface area (Å²) in [5, 5.41) is 10.8. The molecule has 2 aromatic rings. The molecule has 0 saturated carbocycles. The zero-order valence-electron chi connectivity index (χ0n) is 14.6. The topological polar surface area (TPSA) is 89.8 Å². The molecule has 27 heavy (non-hydrogen) atoms. The second kappa shape index (κ2) is 8.05. The van der Waals surface area contributed by atoms with Crippen LogP contribution < -0.4 is 0 Å². The van der Waals surface area contributed by atoms with Crippen molar-refractivity contribution in [2.45, 2.75) is 28.9 Å². The number of halogens is 1. The highest BCUT2D eigenvalue weighted by molar-refractivity contribution is 9.09. The van der Waals surface area contributed by atoms with Crippen LogP contribution in [0.5, 0.6) is 0 Å². The van der Waals surface area contributed by atoms with E-state index < -0.39 is 14.9 Å². The lowest BCUT2D eigenvalue weighted by Crippen LogP contribution is -2.38.